The van der Waals surface area contributed by atoms with Crippen molar-refractivity contribution in [1.82, 2.24) is 20.3 Å². The molecule has 196 valence electrons. The largest absolute Gasteiger partial charge is 0.435 e. The van der Waals surface area contributed by atoms with Gasteiger partial charge in [-0.2, -0.15) is 4.39 Å². The van der Waals surface area contributed by atoms with Crippen LogP contribution in [0.1, 0.15) is 12.0 Å². The highest BCUT2D eigenvalue weighted by Gasteiger charge is 2.22. The SMILES string of the molecule is O=S(=O)(Cc1ccccc1)Nc1ccc(Oc2ncccc2-c2ccnc(N[C@H]3CCNC3)n2)c(F)c1F. The Labute approximate surface area is 218 Å². The van der Waals surface area contributed by atoms with Crippen molar-refractivity contribution in [3.05, 3.63) is 90.3 Å². The van der Waals surface area contributed by atoms with Crippen LogP contribution in [-0.4, -0.2) is 42.5 Å². The monoisotopic (exact) mass is 538 g/mol. The predicted octanol–water partition coefficient (Wildman–Crippen LogP) is 4.32. The van der Waals surface area contributed by atoms with Gasteiger partial charge in [-0.3, -0.25) is 4.72 Å². The number of nitrogens with one attached hydrogen (secondary N) is 3. The highest BCUT2D eigenvalue weighted by molar-refractivity contribution is 7.91. The molecule has 0 amide bonds. The van der Waals surface area contributed by atoms with Crippen molar-refractivity contribution in [3.63, 3.8) is 0 Å². The Balaban J connectivity index is 1.36. The van der Waals surface area contributed by atoms with Gasteiger partial charge in [-0.05, 0) is 48.9 Å². The molecule has 9 nitrogen and oxygen atoms in total. The number of ether oxygens (including phenoxy) is 1. The molecule has 3 N–H and O–H groups in total. The Morgan fingerprint density at radius 3 is 2.61 bits per heavy atom. The summed E-state index contributed by atoms with van der Waals surface area (Å²) in [5, 5.41) is 6.53. The molecule has 0 unspecified atom stereocenters. The Kier molecular flexibility index (Phi) is 7.43. The summed E-state index contributed by atoms with van der Waals surface area (Å²) in [5.74, 6) is -3.18. The van der Waals surface area contributed by atoms with Crippen molar-refractivity contribution in [2.45, 2.75) is 18.2 Å². The van der Waals surface area contributed by atoms with Crippen LogP contribution in [-0.2, 0) is 15.8 Å². The number of halogens is 2. The van der Waals surface area contributed by atoms with Crippen molar-refractivity contribution in [2.24, 2.45) is 0 Å². The van der Waals surface area contributed by atoms with E-state index in [1.54, 1.807) is 54.7 Å². The smallest absolute Gasteiger partial charge is 0.237 e. The zero-order chi connectivity index (χ0) is 26.5. The van der Waals surface area contributed by atoms with E-state index in [1.165, 1.54) is 6.20 Å². The van der Waals surface area contributed by atoms with Crippen LogP contribution < -0.4 is 20.1 Å². The summed E-state index contributed by atoms with van der Waals surface area (Å²) in [4.78, 5) is 12.9. The molecule has 1 atom stereocenters. The van der Waals surface area contributed by atoms with E-state index in [0.29, 0.717) is 22.8 Å². The number of aromatic nitrogens is 3. The molecule has 2 aromatic carbocycles. The Morgan fingerprint density at radius 2 is 1.82 bits per heavy atom. The molecule has 3 heterocycles. The third-order valence-corrected chi connectivity index (χ3v) is 7.06. The zero-order valence-corrected chi connectivity index (χ0v) is 20.9. The Morgan fingerprint density at radius 1 is 0.974 bits per heavy atom. The molecule has 1 fully saturated rings. The van der Waals surface area contributed by atoms with Gasteiger partial charge in [0, 0.05) is 25.0 Å². The lowest BCUT2D eigenvalue weighted by Gasteiger charge is -2.14. The fraction of sp³-hybridized carbons (Fsp3) is 0.192. The van der Waals surface area contributed by atoms with E-state index in [9.17, 15) is 17.2 Å². The molecule has 0 bridgehead atoms. The first-order valence-electron chi connectivity index (χ1n) is 11.8. The summed E-state index contributed by atoms with van der Waals surface area (Å²) < 4.78 is 62.5. The molecule has 5 rings (SSSR count). The molecule has 0 radical (unpaired) electrons. The number of anilines is 2. The van der Waals surface area contributed by atoms with Crippen LogP contribution in [0.25, 0.3) is 11.3 Å². The molecule has 0 spiro atoms. The molecule has 12 heteroatoms. The summed E-state index contributed by atoms with van der Waals surface area (Å²) in [7, 11) is -3.99. The lowest BCUT2D eigenvalue weighted by atomic mass is 10.2. The highest BCUT2D eigenvalue weighted by atomic mass is 32.2. The van der Waals surface area contributed by atoms with Crippen LogP contribution >= 0.6 is 0 Å². The van der Waals surface area contributed by atoms with E-state index in [2.05, 4.69) is 30.3 Å². The normalized spacial score (nSPS) is 15.3. The third kappa shape index (κ3) is 6.03. The van der Waals surface area contributed by atoms with Crippen LogP contribution in [0.3, 0.4) is 0 Å². The molecule has 0 aliphatic carbocycles. The predicted molar refractivity (Wildman–Crippen MR) is 139 cm³/mol. The maximum atomic E-state index is 15.0. The summed E-state index contributed by atoms with van der Waals surface area (Å²) in [5.41, 5.74) is 0.893. The minimum absolute atomic E-state index is 0.00427. The van der Waals surface area contributed by atoms with Gasteiger partial charge in [0.15, 0.2) is 11.6 Å². The molecule has 4 aromatic rings. The van der Waals surface area contributed by atoms with E-state index in [4.69, 9.17) is 4.74 Å². The van der Waals surface area contributed by atoms with Crippen LogP contribution in [0, 0.1) is 11.6 Å². The van der Waals surface area contributed by atoms with Gasteiger partial charge in [-0.1, -0.05) is 30.3 Å². The maximum Gasteiger partial charge on any atom is 0.237 e. The third-order valence-electron chi connectivity index (χ3n) is 5.81. The van der Waals surface area contributed by atoms with Gasteiger partial charge in [0.25, 0.3) is 0 Å². The van der Waals surface area contributed by atoms with Crippen LogP contribution in [0.2, 0.25) is 0 Å². The van der Waals surface area contributed by atoms with Crippen molar-refractivity contribution in [1.29, 1.82) is 0 Å². The summed E-state index contributed by atoms with van der Waals surface area (Å²) in [6.07, 6.45) is 3.97. The zero-order valence-electron chi connectivity index (χ0n) is 20.1. The summed E-state index contributed by atoms with van der Waals surface area (Å²) >= 11 is 0. The van der Waals surface area contributed by atoms with E-state index in [1.807, 2.05) is 0 Å². The second-order valence-corrected chi connectivity index (χ2v) is 10.4. The first-order valence-corrected chi connectivity index (χ1v) is 13.5. The molecule has 38 heavy (non-hydrogen) atoms. The molecule has 2 aromatic heterocycles. The lowest BCUT2D eigenvalue weighted by molar-refractivity contribution is 0.407. The quantitative estimate of drug-likeness (QED) is 0.288. The molecular weight excluding hydrogens is 514 g/mol. The summed E-state index contributed by atoms with van der Waals surface area (Å²) in [6.45, 7) is 1.71. The minimum Gasteiger partial charge on any atom is -0.435 e. The fourth-order valence-electron chi connectivity index (χ4n) is 4.00. The number of nitrogens with zero attached hydrogens (tertiary/aromatic N) is 3. The van der Waals surface area contributed by atoms with Gasteiger partial charge in [0.1, 0.15) is 0 Å². The van der Waals surface area contributed by atoms with Crippen molar-refractivity contribution in [2.75, 3.05) is 23.1 Å². The van der Waals surface area contributed by atoms with Crippen molar-refractivity contribution in [3.8, 4) is 22.9 Å². The number of rotatable bonds is 9. The minimum atomic E-state index is -3.99. The van der Waals surface area contributed by atoms with Gasteiger partial charge in [-0.15, -0.1) is 0 Å². The van der Waals surface area contributed by atoms with Crippen molar-refractivity contribution < 1.29 is 21.9 Å². The lowest BCUT2D eigenvalue weighted by Crippen LogP contribution is -2.23. The van der Waals surface area contributed by atoms with Crippen LogP contribution in [0.5, 0.6) is 11.6 Å². The average Bonchev–Trinajstić information content (AvgIpc) is 3.42. The highest BCUT2D eigenvalue weighted by Crippen LogP contribution is 2.34. The number of sulfonamides is 1. The first kappa shape index (κ1) is 25.5. The van der Waals surface area contributed by atoms with E-state index >= 15 is 0 Å². The van der Waals surface area contributed by atoms with Gasteiger partial charge in [0.2, 0.25) is 27.7 Å². The van der Waals surface area contributed by atoms with Crippen molar-refractivity contribution >= 4 is 21.7 Å². The van der Waals surface area contributed by atoms with Crippen LogP contribution in [0.4, 0.5) is 20.4 Å². The van der Waals surface area contributed by atoms with Gasteiger partial charge < -0.3 is 15.4 Å². The standard InChI is InChI=1S/C26H24F2N6O3S/c27-23-21(34-38(35,36)16-17-5-2-1-3-6-17)8-9-22(24(23)28)37-25-19(7-4-12-30-25)20-11-14-31-26(33-20)32-18-10-13-29-15-18/h1-9,11-12,14,18,29,34H,10,13,15-16H2,(H,31,32,33)/t18-/m0/s1. The fourth-order valence-corrected chi connectivity index (χ4v) is 5.19. The Bertz CT molecular complexity index is 1530. The average molecular weight is 539 g/mol. The second kappa shape index (κ2) is 11.1. The van der Waals surface area contributed by atoms with Gasteiger partial charge in [0.05, 0.1) is 22.7 Å². The first-order chi connectivity index (χ1) is 18.4. The molecule has 1 aliphatic heterocycles. The maximum absolute atomic E-state index is 15.0. The number of pyridine rings is 1. The molecule has 1 aliphatic rings. The van der Waals surface area contributed by atoms with Gasteiger partial charge in [-0.25, -0.2) is 27.8 Å². The summed E-state index contributed by atoms with van der Waals surface area (Å²) in [6, 6.07) is 15.8. The van der Waals surface area contributed by atoms with E-state index < -0.39 is 38.8 Å². The molecule has 0 saturated carbocycles. The number of benzene rings is 2. The number of hydrogen-bond acceptors (Lipinski definition) is 8. The molecule has 1 saturated heterocycles. The van der Waals surface area contributed by atoms with E-state index in [0.717, 1.165) is 31.6 Å². The van der Waals surface area contributed by atoms with Crippen LogP contribution in [0.15, 0.2) is 73.1 Å². The van der Waals surface area contributed by atoms with E-state index in [-0.39, 0.29) is 11.9 Å². The molecular formula is C26H24F2N6O3S. The second-order valence-electron chi connectivity index (χ2n) is 8.64. The Hall–Kier alpha value is -4.16. The van der Waals surface area contributed by atoms with Gasteiger partial charge >= 0.3 is 0 Å². The topological polar surface area (TPSA) is 118 Å². The number of hydrogen-bond donors (Lipinski definition) is 3.